The van der Waals surface area contributed by atoms with Crippen molar-refractivity contribution in [1.29, 1.82) is 0 Å². The predicted octanol–water partition coefficient (Wildman–Crippen LogP) is 2.41. The smallest absolute Gasteiger partial charge is 0.241 e. The zero-order valence-electron chi connectivity index (χ0n) is 6.86. The first kappa shape index (κ1) is 7.80. The summed E-state index contributed by atoms with van der Waals surface area (Å²) in [7, 11) is 0. The highest BCUT2D eigenvalue weighted by molar-refractivity contribution is 6.03. The van der Waals surface area contributed by atoms with Gasteiger partial charge in [-0.1, -0.05) is 36.4 Å². The Bertz CT molecular complexity index is 455. The van der Waals surface area contributed by atoms with Crippen molar-refractivity contribution in [2.75, 3.05) is 0 Å². The third-order valence-electron chi connectivity index (χ3n) is 2.01. The van der Waals surface area contributed by atoms with Gasteiger partial charge in [0.1, 0.15) is 0 Å². The maximum absolute atomic E-state index is 10.7. The summed E-state index contributed by atoms with van der Waals surface area (Å²) in [6, 6.07) is 12.5. The van der Waals surface area contributed by atoms with Gasteiger partial charge in [0.25, 0.3) is 0 Å². The molecule has 0 aliphatic carbocycles. The Morgan fingerprint density at radius 3 is 2.38 bits per heavy atom. The molecule has 1 radical (unpaired) electrons. The van der Waals surface area contributed by atoms with Crippen molar-refractivity contribution in [3.8, 4) is 0 Å². The second-order valence-electron chi connectivity index (χ2n) is 2.81. The van der Waals surface area contributed by atoms with Gasteiger partial charge in [0.05, 0.1) is 5.56 Å². The number of fused-ring (bicyclic) bond motifs is 1. The summed E-state index contributed by atoms with van der Waals surface area (Å²) in [5, 5.41) is 12.4. The van der Waals surface area contributed by atoms with Crippen LogP contribution in [0.2, 0.25) is 0 Å². The minimum Gasteiger partial charge on any atom is -0.241 e. The highest BCUT2D eigenvalue weighted by atomic mass is 16.4. The van der Waals surface area contributed by atoms with E-state index in [0.717, 1.165) is 10.8 Å². The maximum atomic E-state index is 10.7. The molecule has 0 spiro atoms. The van der Waals surface area contributed by atoms with Crippen molar-refractivity contribution < 1.29 is 9.90 Å². The van der Waals surface area contributed by atoms with E-state index in [0.29, 0.717) is 0 Å². The molecule has 2 aromatic rings. The molecule has 0 N–H and O–H groups in total. The summed E-state index contributed by atoms with van der Waals surface area (Å²) >= 11 is 0. The van der Waals surface area contributed by atoms with Gasteiger partial charge in [0, 0.05) is 0 Å². The van der Waals surface area contributed by atoms with Crippen LogP contribution in [0.25, 0.3) is 10.8 Å². The fourth-order valence-corrected chi connectivity index (χ4v) is 1.40. The van der Waals surface area contributed by atoms with E-state index in [-0.39, 0.29) is 5.56 Å². The summed E-state index contributed by atoms with van der Waals surface area (Å²) in [5.74, 6) is -1.13. The lowest BCUT2D eigenvalue weighted by Gasteiger charge is -1.99. The Morgan fingerprint density at radius 2 is 1.62 bits per heavy atom. The van der Waals surface area contributed by atoms with E-state index in [1.165, 1.54) is 0 Å². The summed E-state index contributed by atoms with van der Waals surface area (Å²) < 4.78 is 0. The molecule has 0 bridgehead atoms. The molecule has 63 valence electrons. The van der Waals surface area contributed by atoms with Gasteiger partial charge in [0.15, 0.2) is 0 Å². The predicted molar refractivity (Wildman–Crippen MR) is 49.0 cm³/mol. The largest absolute Gasteiger partial charge is 0.386 e. The van der Waals surface area contributed by atoms with Gasteiger partial charge in [-0.25, -0.2) is 9.90 Å². The van der Waals surface area contributed by atoms with Crippen molar-refractivity contribution in [2.45, 2.75) is 0 Å². The van der Waals surface area contributed by atoms with Crippen molar-refractivity contribution in [3.63, 3.8) is 0 Å². The summed E-state index contributed by atoms with van der Waals surface area (Å²) in [6.45, 7) is 0. The number of rotatable bonds is 1. The van der Waals surface area contributed by atoms with E-state index >= 15 is 0 Å². The van der Waals surface area contributed by atoms with E-state index in [4.69, 9.17) is 0 Å². The molecule has 0 aromatic heterocycles. The Kier molecular flexibility index (Phi) is 1.74. The molecular weight excluding hydrogens is 164 g/mol. The molecule has 13 heavy (non-hydrogen) atoms. The first-order valence-corrected chi connectivity index (χ1v) is 3.98. The van der Waals surface area contributed by atoms with Crippen molar-refractivity contribution in [1.82, 2.24) is 0 Å². The van der Waals surface area contributed by atoms with E-state index in [2.05, 4.69) is 0 Å². The van der Waals surface area contributed by atoms with Crippen molar-refractivity contribution in [2.24, 2.45) is 0 Å². The van der Waals surface area contributed by atoms with Gasteiger partial charge >= 0.3 is 5.97 Å². The molecule has 0 atom stereocenters. The van der Waals surface area contributed by atoms with Gasteiger partial charge in [0.2, 0.25) is 0 Å². The standard InChI is InChI=1S/C11H7O2/c12-11(13)10-7-3-5-8-4-1-2-6-9(8)10/h1-7H. The number of carbonyl (C=O) groups is 1. The number of carbonyl (C=O) groups excluding carboxylic acids is 1. The molecule has 2 heteroatoms. The Balaban J connectivity index is 2.83. The zero-order valence-corrected chi connectivity index (χ0v) is 6.86. The van der Waals surface area contributed by atoms with Crippen molar-refractivity contribution in [3.05, 3.63) is 48.0 Å². The fraction of sp³-hybridized carbons (Fsp3) is 0. The highest BCUT2D eigenvalue weighted by Crippen LogP contribution is 2.18. The summed E-state index contributed by atoms with van der Waals surface area (Å²) in [4.78, 5) is 10.7. The normalized spacial score (nSPS) is 10.2. The van der Waals surface area contributed by atoms with Crippen LogP contribution in [0, 0.1) is 0 Å². The molecule has 0 unspecified atom stereocenters. The molecule has 0 saturated heterocycles. The molecule has 0 aliphatic heterocycles. The molecule has 0 heterocycles. The Labute approximate surface area is 75.4 Å². The van der Waals surface area contributed by atoms with Gasteiger partial charge < -0.3 is 0 Å². The van der Waals surface area contributed by atoms with E-state index in [1.807, 2.05) is 24.3 Å². The second kappa shape index (κ2) is 2.90. The first-order chi connectivity index (χ1) is 6.29. The third kappa shape index (κ3) is 1.26. The van der Waals surface area contributed by atoms with Crippen LogP contribution >= 0.6 is 0 Å². The molecule has 0 aliphatic rings. The lowest BCUT2D eigenvalue weighted by Crippen LogP contribution is -1.94. The highest BCUT2D eigenvalue weighted by Gasteiger charge is 2.07. The average Bonchev–Trinajstić information content (AvgIpc) is 2.17. The van der Waals surface area contributed by atoms with Crippen LogP contribution in [-0.4, -0.2) is 5.97 Å². The van der Waals surface area contributed by atoms with Crippen LogP contribution < -0.4 is 0 Å². The van der Waals surface area contributed by atoms with E-state index in [1.54, 1.807) is 18.2 Å². The SMILES string of the molecule is [O]C(=O)c1cccc2ccccc12. The zero-order chi connectivity index (χ0) is 9.26. The fourth-order valence-electron chi connectivity index (χ4n) is 1.40. The topological polar surface area (TPSA) is 37.0 Å². The average molecular weight is 171 g/mol. The van der Waals surface area contributed by atoms with Crippen molar-refractivity contribution >= 4 is 16.7 Å². The molecule has 2 rings (SSSR count). The number of hydrogen-bond donors (Lipinski definition) is 0. The molecule has 0 saturated carbocycles. The second-order valence-corrected chi connectivity index (χ2v) is 2.81. The third-order valence-corrected chi connectivity index (χ3v) is 2.01. The lowest BCUT2D eigenvalue weighted by molar-refractivity contribution is 0.0575. The van der Waals surface area contributed by atoms with Gasteiger partial charge in [-0.2, -0.15) is 0 Å². The minimum atomic E-state index is -1.13. The molecule has 2 nitrogen and oxygen atoms in total. The number of hydrogen-bond acceptors (Lipinski definition) is 1. The van der Waals surface area contributed by atoms with Gasteiger partial charge in [-0.15, -0.1) is 0 Å². The van der Waals surface area contributed by atoms with E-state index in [9.17, 15) is 9.90 Å². The van der Waals surface area contributed by atoms with Crippen LogP contribution in [0.1, 0.15) is 10.4 Å². The van der Waals surface area contributed by atoms with E-state index < -0.39 is 5.97 Å². The van der Waals surface area contributed by atoms with Crippen LogP contribution in [0.5, 0.6) is 0 Å². The Hall–Kier alpha value is -1.83. The molecule has 2 aromatic carbocycles. The molecule has 0 fully saturated rings. The quantitative estimate of drug-likeness (QED) is 0.649. The maximum Gasteiger partial charge on any atom is 0.386 e. The molecule has 0 amide bonds. The van der Waals surface area contributed by atoms with Crippen LogP contribution in [-0.2, 0) is 5.11 Å². The van der Waals surface area contributed by atoms with Crippen LogP contribution in [0.4, 0.5) is 0 Å². The van der Waals surface area contributed by atoms with Gasteiger partial charge in [-0.3, -0.25) is 0 Å². The first-order valence-electron chi connectivity index (χ1n) is 3.98. The number of benzene rings is 2. The monoisotopic (exact) mass is 171 g/mol. The van der Waals surface area contributed by atoms with Crippen LogP contribution in [0.15, 0.2) is 42.5 Å². The Morgan fingerprint density at radius 1 is 0.923 bits per heavy atom. The minimum absolute atomic E-state index is 0.248. The summed E-state index contributed by atoms with van der Waals surface area (Å²) in [5.41, 5.74) is 0.248. The van der Waals surface area contributed by atoms with Crippen LogP contribution in [0.3, 0.4) is 0 Å². The molecular formula is C11H7O2. The summed E-state index contributed by atoms with van der Waals surface area (Å²) in [6.07, 6.45) is 0. The lowest BCUT2D eigenvalue weighted by atomic mass is 10.1. The van der Waals surface area contributed by atoms with Gasteiger partial charge in [-0.05, 0) is 16.8 Å².